The van der Waals surface area contributed by atoms with Crippen molar-refractivity contribution >= 4 is 33.2 Å². The van der Waals surface area contributed by atoms with E-state index < -0.39 is 0 Å². The van der Waals surface area contributed by atoms with Gasteiger partial charge in [0.25, 0.3) is 0 Å². The smallest absolute Gasteiger partial charge is 0.0467 e. The van der Waals surface area contributed by atoms with Crippen LogP contribution in [0, 0.1) is 5.92 Å². The summed E-state index contributed by atoms with van der Waals surface area (Å²) in [6.07, 6.45) is 1.20. The molecule has 0 saturated heterocycles. The van der Waals surface area contributed by atoms with E-state index in [1.165, 1.54) is 17.7 Å². The maximum atomic E-state index is 6.18. The minimum Gasteiger partial charge on any atom is -0.374 e. The van der Waals surface area contributed by atoms with E-state index in [1.807, 2.05) is 12.1 Å². The molecule has 0 atom stereocenters. The van der Waals surface area contributed by atoms with E-state index in [1.54, 1.807) is 0 Å². The molecule has 0 radical (unpaired) electrons. The molecule has 0 aliphatic heterocycles. The summed E-state index contributed by atoms with van der Waals surface area (Å²) in [5, 5.41) is 1.64. The standard InChI is InChI=1S/C13H19BrClN/c1-10(2)7-8-16(3)13-6-4-5-12(15)11(13)9-14/h4-6,10H,7-9H2,1-3H3. The van der Waals surface area contributed by atoms with Crippen LogP contribution in [0.3, 0.4) is 0 Å². The fourth-order valence-electron chi connectivity index (χ4n) is 1.61. The summed E-state index contributed by atoms with van der Waals surface area (Å²) in [6, 6.07) is 6.08. The first-order valence-corrected chi connectivity index (χ1v) is 7.10. The van der Waals surface area contributed by atoms with Gasteiger partial charge in [0.15, 0.2) is 0 Å². The normalized spacial score (nSPS) is 10.9. The summed E-state index contributed by atoms with van der Waals surface area (Å²) in [7, 11) is 2.13. The van der Waals surface area contributed by atoms with Crippen LogP contribution in [0.5, 0.6) is 0 Å². The lowest BCUT2D eigenvalue weighted by molar-refractivity contribution is 0.585. The van der Waals surface area contributed by atoms with Crippen LogP contribution in [0.2, 0.25) is 5.02 Å². The number of halogens is 2. The van der Waals surface area contributed by atoms with Crippen molar-refractivity contribution in [3.63, 3.8) is 0 Å². The average Bonchev–Trinajstić information content (AvgIpc) is 2.25. The van der Waals surface area contributed by atoms with Gasteiger partial charge in [-0.05, 0) is 24.5 Å². The van der Waals surface area contributed by atoms with Gasteiger partial charge in [0.2, 0.25) is 0 Å². The third-order valence-corrected chi connectivity index (χ3v) is 3.60. The molecule has 0 fully saturated rings. The van der Waals surface area contributed by atoms with Gasteiger partial charge in [-0.3, -0.25) is 0 Å². The minimum atomic E-state index is 0.731. The van der Waals surface area contributed by atoms with E-state index in [2.05, 4.69) is 47.8 Å². The number of nitrogens with zero attached hydrogens (tertiary/aromatic N) is 1. The van der Waals surface area contributed by atoms with Crippen LogP contribution >= 0.6 is 27.5 Å². The zero-order valence-electron chi connectivity index (χ0n) is 10.1. The Morgan fingerprint density at radius 1 is 1.38 bits per heavy atom. The lowest BCUT2D eigenvalue weighted by Gasteiger charge is -2.23. The van der Waals surface area contributed by atoms with E-state index in [-0.39, 0.29) is 0 Å². The Kier molecular flexibility index (Phi) is 5.63. The highest BCUT2D eigenvalue weighted by atomic mass is 79.9. The molecule has 0 saturated carbocycles. The molecule has 0 bridgehead atoms. The predicted octanol–water partition coefficient (Wildman–Crippen LogP) is 4.72. The Labute approximate surface area is 112 Å². The topological polar surface area (TPSA) is 3.24 Å². The Morgan fingerprint density at radius 2 is 2.06 bits per heavy atom. The van der Waals surface area contributed by atoms with Gasteiger partial charge in [0.05, 0.1) is 0 Å². The molecule has 0 aliphatic carbocycles. The SMILES string of the molecule is CC(C)CCN(C)c1cccc(Cl)c1CBr. The van der Waals surface area contributed by atoms with Crippen LogP contribution in [0.25, 0.3) is 0 Å². The van der Waals surface area contributed by atoms with Crippen LogP contribution < -0.4 is 4.90 Å². The highest BCUT2D eigenvalue weighted by Crippen LogP contribution is 2.29. The van der Waals surface area contributed by atoms with Crippen LogP contribution in [0.1, 0.15) is 25.8 Å². The van der Waals surface area contributed by atoms with Gasteiger partial charge in [0, 0.05) is 35.2 Å². The van der Waals surface area contributed by atoms with E-state index in [9.17, 15) is 0 Å². The quantitative estimate of drug-likeness (QED) is 0.712. The summed E-state index contributed by atoms with van der Waals surface area (Å²) in [5.41, 5.74) is 2.40. The van der Waals surface area contributed by atoms with Gasteiger partial charge >= 0.3 is 0 Å². The second-order valence-corrected chi connectivity index (χ2v) is 5.44. The van der Waals surface area contributed by atoms with Crippen molar-refractivity contribution in [2.75, 3.05) is 18.5 Å². The number of rotatable bonds is 5. The maximum absolute atomic E-state index is 6.18. The van der Waals surface area contributed by atoms with E-state index in [4.69, 9.17) is 11.6 Å². The fourth-order valence-corrected chi connectivity index (χ4v) is 2.60. The molecule has 0 amide bonds. The van der Waals surface area contributed by atoms with Crippen molar-refractivity contribution in [1.82, 2.24) is 0 Å². The minimum absolute atomic E-state index is 0.731. The molecule has 1 aromatic carbocycles. The lowest BCUT2D eigenvalue weighted by Crippen LogP contribution is -2.21. The molecule has 90 valence electrons. The molecule has 1 rings (SSSR count). The summed E-state index contributed by atoms with van der Waals surface area (Å²) >= 11 is 9.68. The molecule has 0 unspecified atom stereocenters. The van der Waals surface area contributed by atoms with Crippen molar-refractivity contribution < 1.29 is 0 Å². The number of benzene rings is 1. The first-order valence-electron chi connectivity index (χ1n) is 5.60. The van der Waals surface area contributed by atoms with Crippen LogP contribution in [0.4, 0.5) is 5.69 Å². The van der Waals surface area contributed by atoms with E-state index in [0.717, 1.165) is 22.8 Å². The molecule has 0 heterocycles. The number of hydrogen-bond donors (Lipinski definition) is 0. The molecule has 3 heteroatoms. The molecule has 0 N–H and O–H groups in total. The van der Waals surface area contributed by atoms with Gasteiger partial charge in [-0.2, -0.15) is 0 Å². The van der Waals surface area contributed by atoms with Crippen molar-refractivity contribution in [2.24, 2.45) is 5.92 Å². The number of alkyl halides is 1. The molecule has 1 aromatic rings. The van der Waals surface area contributed by atoms with Gasteiger partial charge in [-0.15, -0.1) is 0 Å². The second-order valence-electron chi connectivity index (χ2n) is 4.48. The zero-order valence-corrected chi connectivity index (χ0v) is 12.5. The molecule has 1 nitrogen and oxygen atoms in total. The van der Waals surface area contributed by atoms with E-state index >= 15 is 0 Å². The molecular formula is C13H19BrClN. The molecule has 0 spiro atoms. The summed E-state index contributed by atoms with van der Waals surface area (Å²) in [6.45, 7) is 5.56. The van der Waals surface area contributed by atoms with Gasteiger partial charge in [0.1, 0.15) is 0 Å². The first-order chi connectivity index (χ1) is 7.56. The van der Waals surface area contributed by atoms with Gasteiger partial charge in [-0.1, -0.05) is 47.4 Å². The molecule has 16 heavy (non-hydrogen) atoms. The monoisotopic (exact) mass is 303 g/mol. The summed E-state index contributed by atoms with van der Waals surface area (Å²) in [5.74, 6) is 0.731. The highest BCUT2D eigenvalue weighted by Gasteiger charge is 2.09. The Hall–Kier alpha value is -0.210. The Balaban J connectivity index is 2.82. The van der Waals surface area contributed by atoms with Crippen molar-refractivity contribution in [2.45, 2.75) is 25.6 Å². The van der Waals surface area contributed by atoms with Crippen molar-refractivity contribution in [3.05, 3.63) is 28.8 Å². The predicted molar refractivity (Wildman–Crippen MR) is 76.8 cm³/mol. The van der Waals surface area contributed by atoms with Crippen LogP contribution in [-0.4, -0.2) is 13.6 Å². The lowest BCUT2D eigenvalue weighted by atomic mass is 10.1. The number of hydrogen-bond acceptors (Lipinski definition) is 1. The maximum Gasteiger partial charge on any atom is 0.0467 e. The van der Waals surface area contributed by atoms with Crippen LogP contribution in [-0.2, 0) is 5.33 Å². The molecular weight excluding hydrogens is 286 g/mol. The van der Waals surface area contributed by atoms with E-state index in [0.29, 0.717) is 0 Å². The van der Waals surface area contributed by atoms with Gasteiger partial charge < -0.3 is 4.90 Å². The zero-order chi connectivity index (χ0) is 12.1. The summed E-state index contributed by atoms with van der Waals surface area (Å²) < 4.78 is 0. The van der Waals surface area contributed by atoms with Crippen molar-refractivity contribution in [1.29, 1.82) is 0 Å². The second kappa shape index (κ2) is 6.51. The largest absolute Gasteiger partial charge is 0.374 e. The Bertz CT molecular complexity index is 339. The van der Waals surface area contributed by atoms with Gasteiger partial charge in [-0.25, -0.2) is 0 Å². The third kappa shape index (κ3) is 3.67. The third-order valence-electron chi connectivity index (χ3n) is 2.68. The average molecular weight is 305 g/mol. The molecule has 0 aliphatic rings. The summed E-state index contributed by atoms with van der Waals surface area (Å²) in [4.78, 5) is 2.28. The Morgan fingerprint density at radius 3 is 2.62 bits per heavy atom. The first kappa shape index (κ1) is 13.9. The fraction of sp³-hybridized carbons (Fsp3) is 0.538. The van der Waals surface area contributed by atoms with Crippen molar-refractivity contribution in [3.8, 4) is 0 Å². The van der Waals surface area contributed by atoms with Crippen LogP contribution in [0.15, 0.2) is 18.2 Å². The highest BCUT2D eigenvalue weighted by molar-refractivity contribution is 9.08. The number of anilines is 1. The molecule has 0 aromatic heterocycles.